The van der Waals surface area contributed by atoms with Crippen LogP contribution in [-0.2, 0) is 19.0 Å². The molecule has 0 radical (unpaired) electrons. The lowest BCUT2D eigenvalue weighted by atomic mass is 10.0. The molecule has 27 heavy (non-hydrogen) atoms. The fourth-order valence-corrected chi connectivity index (χ4v) is 3.19. The SMILES string of the molecule is CCCCCCCCCCCCCCCCCCOCCOCC(=O)OC. The Balaban J connectivity index is 3.00. The van der Waals surface area contributed by atoms with Crippen LogP contribution in [0.2, 0.25) is 0 Å². The number of ether oxygens (including phenoxy) is 3. The first-order valence-electron chi connectivity index (χ1n) is 11.5. The molecule has 0 saturated carbocycles. The van der Waals surface area contributed by atoms with E-state index >= 15 is 0 Å². The molecule has 0 saturated heterocycles. The quantitative estimate of drug-likeness (QED) is 0.158. The van der Waals surface area contributed by atoms with E-state index in [9.17, 15) is 4.79 Å². The van der Waals surface area contributed by atoms with Gasteiger partial charge in [0.05, 0.1) is 20.3 Å². The molecule has 0 fully saturated rings. The normalized spacial score (nSPS) is 11.0. The second-order valence-electron chi connectivity index (χ2n) is 7.54. The van der Waals surface area contributed by atoms with Gasteiger partial charge in [-0.2, -0.15) is 0 Å². The molecule has 0 aromatic rings. The van der Waals surface area contributed by atoms with Gasteiger partial charge in [0.15, 0.2) is 0 Å². The van der Waals surface area contributed by atoms with E-state index in [1.807, 2.05) is 0 Å². The van der Waals surface area contributed by atoms with Crippen molar-refractivity contribution in [1.29, 1.82) is 0 Å². The number of carbonyl (C=O) groups is 1. The van der Waals surface area contributed by atoms with Crippen LogP contribution in [-0.4, -0.2) is 39.5 Å². The number of rotatable bonds is 22. The average molecular weight is 387 g/mol. The van der Waals surface area contributed by atoms with Crippen molar-refractivity contribution in [2.24, 2.45) is 0 Å². The minimum Gasteiger partial charge on any atom is -0.467 e. The van der Waals surface area contributed by atoms with E-state index < -0.39 is 0 Å². The number of esters is 1. The number of hydrogen-bond donors (Lipinski definition) is 0. The molecular formula is C23H46O4. The van der Waals surface area contributed by atoms with Crippen molar-refractivity contribution < 1.29 is 19.0 Å². The predicted molar refractivity (Wildman–Crippen MR) is 113 cm³/mol. The Kier molecular flexibility index (Phi) is 22.9. The molecule has 0 atom stereocenters. The number of carbonyl (C=O) groups excluding carboxylic acids is 1. The lowest BCUT2D eigenvalue weighted by Crippen LogP contribution is -2.13. The molecule has 0 aromatic carbocycles. The first-order valence-corrected chi connectivity index (χ1v) is 11.5. The molecular weight excluding hydrogens is 340 g/mol. The van der Waals surface area contributed by atoms with E-state index in [-0.39, 0.29) is 12.6 Å². The van der Waals surface area contributed by atoms with Crippen LogP contribution in [0.3, 0.4) is 0 Å². The van der Waals surface area contributed by atoms with Gasteiger partial charge in [-0.25, -0.2) is 4.79 Å². The maximum Gasteiger partial charge on any atom is 0.331 e. The monoisotopic (exact) mass is 386 g/mol. The summed E-state index contributed by atoms with van der Waals surface area (Å²) >= 11 is 0. The van der Waals surface area contributed by atoms with Crippen LogP contribution in [0.4, 0.5) is 0 Å². The van der Waals surface area contributed by atoms with Gasteiger partial charge in [-0.05, 0) is 6.42 Å². The highest BCUT2D eigenvalue weighted by Gasteiger charge is 1.99. The number of unbranched alkanes of at least 4 members (excludes halogenated alkanes) is 15. The Morgan fingerprint density at radius 2 is 0.963 bits per heavy atom. The molecule has 0 heterocycles. The summed E-state index contributed by atoms with van der Waals surface area (Å²) < 4.78 is 15.1. The van der Waals surface area contributed by atoms with E-state index in [1.165, 1.54) is 103 Å². The van der Waals surface area contributed by atoms with Crippen molar-refractivity contribution in [3.8, 4) is 0 Å². The average Bonchev–Trinajstić information content (AvgIpc) is 2.68. The van der Waals surface area contributed by atoms with Crippen LogP contribution >= 0.6 is 0 Å². The molecule has 0 amide bonds. The lowest BCUT2D eigenvalue weighted by Gasteiger charge is -2.05. The minimum atomic E-state index is -0.340. The largest absolute Gasteiger partial charge is 0.467 e. The third-order valence-electron chi connectivity index (χ3n) is 4.96. The second-order valence-corrected chi connectivity index (χ2v) is 7.54. The molecule has 0 aliphatic rings. The zero-order valence-corrected chi connectivity index (χ0v) is 18.3. The zero-order chi connectivity index (χ0) is 19.8. The molecule has 0 unspecified atom stereocenters. The summed E-state index contributed by atoms with van der Waals surface area (Å²) in [7, 11) is 1.36. The van der Waals surface area contributed by atoms with E-state index in [1.54, 1.807) is 0 Å². The summed E-state index contributed by atoms with van der Waals surface area (Å²) in [6.45, 7) is 4.09. The van der Waals surface area contributed by atoms with Gasteiger partial charge in [-0.15, -0.1) is 0 Å². The van der Waals surface area contributed by atoms with Crippen molar-refractivity contribution in [3.63, 3.8) is 0 Å². The molecule has 4 heteroatoms. The maximum absolute atomic E-state index is 10.8. The smallest absolute Gasteiger partial charge is 0.331 e. The van der Waals surface area contributed by atoms with Crippen LogP contribution in [0.15, 0.2) is 0 Å². The molecule has 0 aromatic heterocycles. The summed E-state index contributed by atoms with van der Waals surface area (Å²) in [6.07, 6.45) is 22.1. The Labute approximate surface area is 168 Å². The molecule has 0 bridgehead atoms. The minimum absolute atomic E-state index is 0.0128. The van der Waals surface area contributed by atoms with Crippen molar-refractivity contribution in [2.45, 2.75) is 110 Å². The van der Waals surface area contributed by atoms with Gasteiger partial charge in [0.25, 0.3) is 0 Å². The highest BCUT2D eigenvalue weighted by molar-refractivity contribution is 5.70. The third-order valence-corrected chi connectivity index (χ3v) is 4.96. The first kappa shape index (κ1) is 26.4. The molecule has 162 valence electrons. The van der Waals surface area contributed by atoms with Crippen molar-refractivity contribution in [3.05, 3.63) is 0 Å². The van der Waals surface area contributed by atoms with Crippen LogP contribution in [0, 0.1) is 0 Å². The van der Waals surface area contributed by atoms with Crippen LogP contribution < -0.4 is 0 Å². The predicted octanol–water partition coefficient (Wildman–Crippen LogP) is 6.45. The van der Waals surface area contributed by atoms with Gasteiger partial charge in [0.2, 0.25) is 0 Å². The standard InChI is InChI=1S/C23H46O4/c1-3-4-5-6-7-8-9-10-11-12-13-14-15-16-17-18-19-26-20-21-27-22-23(24)25-2/h3-22H2,1-2H3. The summed E-state index contributed by atoms with van der Waals surface area (Å²) in [5, 5.41) is 0. The van der Waals surface area contributed by atoms with Gasteiger partial charge < -0.3 is 14.2 Å². The molecule has 0 spiro atoms. The fraction of sp³-hybridized carbons (Fsp3) is 0.957. The lowest BCUT2D eigenvalue weighted by molar-refractivity contribution is -0.146. The van der Waals surface area contributed by atoms with Gasteiger partial charge in [-0.1, -0.05) is 103 Å². The highest BCUT2D eigenvalue weighted by atomic mass is 16.6. The summed E-state index contributed by atoms with van der Waals surface area (Å²) in [5.41, 5.74) is 0. The van der Waals surface area contributed by atoms with Crippen molar-refractivity contribution >= 4 is 5.97 Å². The topological polar surface area (TPSA) is 44.8 Å². The first-order chi connectivity index (χ1) is 13.3. The molecule has 0 N–H and O–H groups in total. The Morgan fingerprint density at radius 3 is 1.41 bits per heavy atom. The van der Waals surface area contributed by atoms with Crippen LogP contribution in [0.25, 0.3) is 0 Å². The molecule has 0 rings (SSSR count). The molecule has 4 nitrogen and oxygen atoms in total. The van der Waals surface area contributed by atoms with E-state index in [4.69, 9.17) is 9.47 Å². The van der Waals surface area contributed by atoms with Gasteiger partial charge >= 0.3 is 5.97 Å². The summed E-state index contributed by atoms with van der Waals surface area (Å²) in [6, 6.07) is 0. The maximum atomic E-state index is 10.8. The van der Waals surface area contributed by atoms with Crippen molar-refractivity contribution in [2.75, 3.05) is 33.5 Å². The molecule has 0 aliphatic heterocycles. The highest BCUT2D eigenvalue weighted by Crippen LogP contribution is 2.13. The van der Waals surface area contributed by atoms with Crippen molar-refractivity contribution in [1.82, 2.24) is 0 Å². The Hall–Kier alpha value is -0.610. The van der Waals surface area contributed by atoms with Crippen LogP contribution in [0.1, 0.15) is 110 Å². The van der Waals surface area contributed by atoms with Crippen LogP contribution in [0.5, 0.6) is 0 Å². The summed E-state index contributed by atoms with van der Waals surface area (Å²) in [4.78, 5) is 10.8. The summed E-state index contributed by atoms with van der Waals surface area (Å²) in [5.74, 6) is -0.340. The van der Waals surface area contributed by atoms with Gasteiger partial charge in [0, 0.05) is 6.61 Å². The van der Waals surface area contributed by atoms with E-state index in [0.29, 0.717) is 13.2 Å². The fourth-order valence-electron chi connectivity index (χ4n) is 3.19. The second kappa shape index (κ2) is 23.4. The van der Waals surface area contributed by atoms with E-state index in [2.05, 4.69) is 11.7 Å². The molecule has 0 aliphatic carbocycles. The zero-order valence-electron chi connectivity index (χ0n) is 18.3. The van der Waals surface area contributed by atoms with E-state index in [0.717, 1.165) is 13.0 Å². The van der Waals surface area contributed by atoms with Gasteiger partial charge in [0.1, 0.15) is 6.61 Å². The third kappa shape index (κ3) is 23.4. The number of methoxy groups -OCH3 is 1. The Bertz CT molecular complexity index is 294. The number of hydrogen-bond acceptors (Lipinski definition) is 4. The Morgan fingerprint density at radius 1 is 0.556 bits per heavy atom. The van der Waals surface area contributed by atoms with Gasteiger partial charge in [-0.3, -0.25) is 0 Å².